The van der Waals surface area contributed by atoms with Crippen LogP contribution in [-0.4, -0.2) is 26.7 Å². The van der Waals surface area contributed by atoms with Crippen molar-refractivity contribution < 1.29 is 14.7 Å². The minimum atomic E-state index is -0.721. The van der Waals surface area contributed by atoms with Gasteiger partial charge in [-0.2, -0.15) is 5.10 Å². The zero-order chi connectivity index (χ0) is 19.5. The molecule has 7 nitrogen and oxygen atoms in total. The Kier molecular flexibility index (Phi) is 4.47. The normalized spacial score (nSPS) is 10.6. The average Bonchev–Trinajstić information content (AvgIpc) is 3.14. The Hall–Kier alpha value is -4.13. The lowest BCUT2D eigenvalue weighted by Gasteiger charge is -2.07. The molecule has 0 atom stereocenters. The number of hydrogen-bond donors (Lipinski definition) is 3. The van der Waals surface area contributed by atoms with Crippen LogP contribution in [0.3, 0.4) is 0 Å². The van der Waals surface area contributed by atoms with Gasteiger partial charge in [0.05, 0.1) is 11.9 Å². The molecule has 0 saturated heterocycles. The first-order valence-electron chi connectivity index (χ1n) is 8.55. The van der Waals surface area contributed by atoms with Crippen molar-refractivity contribution in [2.45, 2.75) is 0 Å². The van der Waals surface area contributed by atoms with Crippen LogP contribution in [0.4, 0.5) is 0 Å². The summed E-state index contributed by atoms with van der Waals surface area (Å²) in [5.74, 6) is -1.48. The molecule has 28 heavy (non-hydrogen) atoms. The molecule has 1 aromatic heterocycles. The van der Waals surface area contributed by atoms with Crippen molar-refractivity contribution in [3.63, 3.8) is 0 Å². The minimum absolute atomic E-state index is 0.192. The maximum atomic E-state index is 12.3. The molecule has 0 spiro atoms. The molecule has 0 fully saturated rings. The molecule has 1 heterocycles. The van der Waals surface area contributed by atoms with Gasteiger partial charge in [0.15, 0.2) is 11.4 Å². The van der Waals surface area contributed by atoms with Crippen LogP contribution in [0, 0.1) is 0 Å². The van der Waals surface area contributed by atoms with Crippen LogP contribution in [0.2, 0.25) is 0 Å². The van der Waals surface area contributed by atoms with Crippen molar-refractivity contribution in [2.24, 2.45) is 0 Å². The highest BCUT2D eigenvalue weighted by atomic mass is 16.3. The monoisotopic (exact) mass is 372 g/mol. The Morgan fingerprint density at radius 1 is 0.821 bits per heavy atom. The molecule has 4 aromatic rings. The lowest BCUT2D eigenvalue weighted by atomic mass is 10.1. The first kappa shape index (κ1) is 17.3. The van der Waals surface area contributed by atoms with E-state index in [4.69, 9.17) is 0 Å². The molecule has 3 aromatic carbocycles. The van der Waals surface area contributed by atoms with Crippen molar-refractivity contribution in [1.29, 1.82) is 0 Å². The Morgan fingerprint density at radius 3 is 2.29 bits per heavy atom. The molecule has 7 heteroatoms. The van der Waals surface area contributed by atoms with E-state index < -0.39 is 11.8 Å². The average molecular weight is 372 g/mol. The van der Waals surface area contributed by atoms with E-state index in [-0.39, 0.29) is 11.4 Å². The van der Waals surface area contributed by atoms with Crippen LogP contribution in [0.15, 0.2) is 79.0 Å². The van der Waals surface area contributed by atoms with Crippen molar-refractivity contribution in [3.05, 3.63) is 90.3 Å². The largest absolute Gasteiger partial charge is 0.504 e. The van der Waals surface area contributed by atoms with E-state index in [1.165, 1.54) is 10.9 Å². The van der Waals surface area contributed by atoms with E-state index in [2.05, 4.69) is 16.0 Å². The standard InChI is InChI=1S/C21H16N4O3/c26-18-13-25(17-8-2-1-3-9-17)24-19(18)21(28)23-22-20(27)16-11-10-14-6-4-5-7-15(14)12-16/h1-13,26H,(H,22,27)(H,23,28). The van der Waals surface area contributed by atoms with Crippen molar-refractivity contribution >= 4 is 22.6 Å². The topological polar surface area (TPSA) is 96.3 Å². The number of rotatable bonds is 3. The van der Waals surface area contributed by atoms with Crippen molar-refractivity contribution in [3.8, 4) is 11.4 Å². The SMILES string of the molecule is O=C(NNC(=O)c1nn(-c2ccccc2)cc1O)c1ccc2ccccc2c1. The first-order valence-corrected chi connectivity index (χ1v) is 8.55. The smallest absolute Gasteiger partial charge is 0.294 e. The number of nitrogens with zero attached hydrogens (tertiary/aromatic N) is 2. The highest BCUT2D eigenvalue weighted by molar-refractivity contribution is 6.01. The second-order valence-corrected chi connectivity index (χ2v) is 6.11. The number of amides is 2. The van der Waals surface area contributed by atoms with Gasteiger partial charge < -0.3 is 5.11 Å². The number of fused-ring (bicyclic) bond motifs is 1. The van der Waals surface area contributed by atoms with Gasteiger partial charge in [0.25, 0.3) is 11.8 Å². The molecule has 3 N–H and O–H groups in total. The van der Waals surface area contributed by atoms with Gasteiger partial charge >= 0.3 is 0 Å². The number of carbonyl (C=O) groups excluding carboxylic acids is 2. The van der Waals surface area contributed by atoms with Crippen LogP contribution in [0.1, 0.15) is 20.8 Å². The van der Waals surface area contributed by atoms with Gasteiger partial charge in [0.1, 0.15) is 0 Å². The number of aromatic nitrogens is 2. The van der Waals surface area contributed by atoms with Gasteiger partial charge in [0, 0.05) is 5.56 Å². The highest BCUT2D eigenvalue weighted by Gasteiger charge is 2.18. The molecular formula is C21H16N4O3. The van der Waals surface area contributed by atoms with E-state index in [1.807, 2.05) is 48.5 Å². The summed E-state index contributed by atoms with van der Waals surface area (Å²) < 4.78 is 1.38. The molecule has 138 valence electrons. The molecule has 0 unspecified atom stereocenters. The van der Waals surface area contributed by atoms with Gasteiger partial charge in [-0.1, -0.05) is 48.5 Å². The third-order valence-corrected chi connectivity index (χ3v) is 4.23. The molecule has 0 saturated carbocycles. The first-order chi connectivity index (χ1) is 13.6. The molecule has 0 aliphatic heterocycles. The maximum Gasteiger partial charge on any atom is 0.294 e. The molecule has 4 rings (SSSR count). The fourth-order valence-electron chi connectivity index (χ4n) is 2.81. The fourth-order valence-corrected chi connectivity index (χ4v) is 2.81. The summed E-state index contributed by atoms with van der Waals surface area (Å²) in [5.41, 5.74) is 5.52. The molecule has 0 radical (unpaired) electrons. The Bertz CT molecular complexity index is 1170. The lowest BCUT2D eigenvalue weighted by molar-refractivity contribution is 0.0842. The van der Waals surface area contributed by atoms with Gasteiger partial charge in [-0.25, -0.2) is 4.68 Å². The lowest BCUT2D eigenvalue weighted by Crippen LogP contribution is -2.41. The number of nitrogens with one attached hydrogen (secondary N) is 2. The molecule has 2 amide bonds. The van der Waals surface area contributed by atoms with Gasteiger partial charge in [0.2, 0.25) is 0 Å². The van der Waals surface area contributed by atoms with E-state index in [0.717, 1.165) is 10.8 Å². The summed E-state index contributed by atoms with van der Waals surface area (Å²) in [6.45, 7) is 0. The van der Waals surface area contributed by atoms with Crippen LogP contribution in [-0.2, 0) is 0 Å². The minimum Gasteiger partial charge on any atom is -0.504 e. The van der Waals surface area contributed by atoms with Gasteiger partial charge in [-0.3, -0.25) is 20.4 Å². The van der Waals surface area contributed by atoms with E-state index >= 15 is 0 Å². The predicted molar refractivity (Wildman–Crippen MR) is 104 cm³/mol. The van der Waals surface area contributed by atoms with Gasteiger partial charge in [-0.15, -0.1) is 0 Å². The number of aromatic hydroxyl groups is 1. The number of hydrogen-bond acceptors (Lipinski definition) is 4. The Morgan fingerprint density at radius 2 is 1.50 bits per heavy atom. The Labute approximate surface area is 160 Å². The van der Waals surface area contributed by atoms with Crippen LogP contribution in [0.25, 0.3) is 16.5 Å². The fraction of sp³-hybridized carbons (Fsp3) is 0. The molecule has 0 aliphatic rings. The van der Waals surface area contributed by atoms with Crippen molar-refractivity contribution in [2.75, 3.05) is 0 Å². The highest BCUT2D eigenvalue weighted by Crippen LogP contribution is 2.18. The van der Waals surface area contributed by atoms with E-state index in [0.29, 0.717) is 11.3 Å². The summed E-state index contributed by atoms with van der Waals surface area (Å²) >= 11 is 0. The van der Waals surface area contributed by atoms with E-state index in [1.54, 1.807) is 24.3 Å². The Balaban J connectivity index is 1.46. The number of hydrazine groups is 1. The van der Waals surface area contributed by atoms with Crippen LogP contribution >= 0.6 is 0 Å². The summed E-state index contributed by atoms with van der Waals surface area (Å²) in [5, 5.41) is 16.0. The predicted octanol–water partition coefficient (Wildman–Crippen LogP) is 2.81. The van der Waals surface area contributed by atoms with Crippen molar-refractivity contribution in [1.82, 2.24) is 20.6 Å². The zero-order valence-corrected chi connectivity index (χ0v) is 14.7. The maximum absolute atomic E-state index is 12.3. The van der Waals surface area contributed by atoms with Gasteiger partial charge in [-0.05, 0) is 35.0 Å². The summed E-state index contributed by atoms with van der Waals surface area (Å²) in [6, 6.07) is 22.0. The number of benzene rings is 3. The number of carbonyl (C=O) groups is 2. The zero-order valence-electron chi connectivity index (χ0n) is 14.7. The van der Waals surface area contributed by atoms with E-state index in [9.17, 15) is 14.7 Å². The summed E-state index contributed by atoms with van der Waals surface area (Å²) in [7, 11) is 0. The van der Waals surface area contributed by atoms with Crippen LogP contribution in [0.5, 0.6) is 5.75 Å². The molecule has 0 aliphatic carbocycles. The quantitative estimate of drug-likeness (QED) is 0.482. The molecular weight excluding hydrogens is 356 g/mol. The van der Waals surface area contributed by atoms with Crippen LogP contribution < -0.4 is 10.9 Å². The third kappa shape index (κ3) is 3.41. The molecule has 0 bridgehead atoms. The summed E-state index contributed by atoms with van der Waals surface area (Å²) in [6.07, 6.45) is 1.33. The second kappa shape index (κ2) is 7.24. The second-order valence-electron chi connectivity index (χ2n) is 6.11. The third-order valence-electron chi connectivity index (χ3n) is 4.23. The summed E-state index contributed by atoms with van der Waals surface area (Å²) in [4.78, 5) is 24.6. The number of para-hydroxylation sites is 1.